The van der Waals surface area contributed by atoms with Gasteiger partial charge in [-0.25, -0.2) is 8.78 Å². The molecular formula is C15H14F2O2. The van der Waals surface area contributed by atoms with Crippen LogP contribution < -0.4 is 4.74 Å². The van der Waals surface area contributed by atoms with Gasteiger partial charge in [0, 0.05) is 0 Å². The Bertz CT molecular complexity index is 582. The SMILES string of the molecule is Cc1ccc(F)cc1COc1ccc(CO)cc1F. The summed E-state index contributed by atoms with van der Waals surface area (Å²) >= 11 is 0. The lowest BCUT2D eigenvalue weighted by Crippen LogP contribution is -2.00. The molecule has 1 N–H and O–H groups in total. The van der Waals surface area contributed by atoms with Crippen LogP contribution >= 0.6 is 0 Å². The average Bonchev–Trinajstić information content (AvgIpc) is 2.40. The molecule has 0 amide bonds. The Balaban J connectivity index is 2.12. The first-order valence-electron chi connectivity index (χ1n) is 5.87. The molecule has 0 aliphatic carbocycles. The van der Waals surface area contributed by atoms with E-state index in [2.05, 4.69) is 0 Å². The fourth-order valence-corrected chi connectivity index (χ4v) is 1.71. The fraction of sp³-hybridized carbons (Fsp3) is 0.200. The van der Waals surface area contributed by atoms with Crippen molar-refractivity contribution in [3.05, 3.63) is 64.7 Å². The molecule has 100 valence electrons. The molecule has 19 heavy (non-hydrogen) atoms. The second-order valence-electron chi connectivity index (χ2n) is 4.28. The van der Waals surface area contributed by atoms with Crippen molar-refractivity contribution in [2.45, 2.75) is 20.1 Å². The first-order chi connectivity index (χ1) is 9.10. The molecule has 0 spiro atoms. The summed E-state index contributed by atoms with van der Waals surface area (Å²) in [5, 5.41) is 8.88. The van der Waals surface area contributed by atoms with Crippen molar-refractivity contribution in [3.63, 3.8) is 0 Å². The maximum atomic E-state index is 13.6. The van der Waals surface area contributed by atoms with Crippen molar-refractivity contribution in [2.24, 2.45) is 0 Å². The third kappa shape index (κ3) is 3.29. The highest BCUT2D eigenvalue weighted by atomic mass is 19.1. The summed E-state index contributed by atoms with van der Waals surface area (Å²) in [6.07, 6.45) is 0. The Kier molecular flexibility index (Phi) is 4.12. The highest BCUT2D eigenvalue weighted by Crippen LogP contribution is 2.20. The van der Waals surface area contributed by atoms with E-state index in [9.17, 15) is 8.78 Å². The van der Waals surface area contributed by atoms with Crippen LogP contribution in [0.4, 0.5) is 8.78 Å². The van der Waals surface area contributed by atoms with Crippen LogP contribution in [0.3, 0.4) is 0 Å². The second kappa shape index (κ2) is 5.80. The Morgan fingerprint density at radius 1 is 1.11 bits per heavy atom. The molecule has 0 atom stereocenters. The minimum absolute atomic E-state index is 0.0841. The normalized spacial score (nSPS) is 10.5. The van der Waals surface area contributed by atoms with Crippen LogP contribution in [0.1, 0.15) is 16.7 Å². The second-order valence-corrected chi connectivity index (χ2v) is 4.28. The van der Waals surface area contributed by atoms with Gasteiger partial charge in [0.1, 0.15) is 12.4 Å². The van der Waals surface area contributed by atoms with Gasteiger partial charge in [0.25, 0.3) is 0 Å². The number of ether oxygens (including phenoxy) is 1. The Morgan fingerprint density at radius 3 is 2.58 bits per heavy atom. The summed E-state index contributed by atoms with van der Waals surface area (Å²) in [6.45, 7) is 1.71. The molecule has 0 unspecified atom stereocenters. The van der Waals surface area contributed by atoms with E-state index in [4.69, 9.17) is 9.84 Å². The van der Waals surface area contributed by atoms with E-state index < -0.39 is 5.82 Å². The molecule has 0 aromatic heterocycles. The Labute approximate surface area is 110 Å². The van der Waals surface area contributed by atoms with Gasteiger partial charge in [0.15, 0.2) is 11.6 Å². The number of aliphatic hydroxyl groups is 1. The minimum Gasteiger partial charge on any atom is -0.486 e. The summed E-state index contributed by atoms with van der Waals surface area (Å²) in [4.78, 5) is 0. The van der Waals surface area contributed by atoms with E-state index in [1.165, 1.54) is 24.3 Å². The number of rotatable bonds is 4. The van der Waals surface area contributed by atoms with Crippen molar-refractivity contribution in [1.29, 1.82) is 0 Å². The molecule has 0 saturated carbocycles. The number of benzene rings is 2. The molecule has 4 heteroatoms. The van der Waals surface area contributed by atoms with Crippen molar-refractivity contribution in [1.82, 2.24) is 0 Å². The van der Waals surface area contributed by atoms with Gasteiger partial charge >= 0.3 is 0 Å². The lowest BCUT2D eigenvalue weighted by molar-refractivity contribution is 0.276. The summed E-state index contributed by atoms with van der Waals surface area (Å²) in [5.41, 5.74) is 2.03. The molecule has 0 aliphatic rings. The minimum atomic E-state index is -0.541. The standard InChI is InChI=1S/C15H14F2O2/c1-10-2-4-13(16)7-12(10)9-19-15-5-3-11(8-18)6-14(15)17/h2-7,18H,8-9H2,1H3. The van der Waals surface area contributed by atoms with E-state index in [1.807, 2.05) is 6.92 Å². The van der Waals surface area contributed by atoms with Crippen LogP contribution in [-0.4, -0.2) is 5.11 Å². The van der Waals surface area contributed by atoms with Crippen LogP contribution in [0.5, 0.6) is 5.75 Å². The predicted octanol–water partition coefficient (Wildman–Crippen LogP) is 3.34. The molecule has 0 heterocycles. The topological polar surface area (TPSA) is 29.5 Å². The van der Waals surface area contributed by atoms with Crippen LogP contribution in [0.2, 0.25) is 0 Å². The third-order valence-electron chi connectivity index (χ3n) is 2.87. The van der Waals surface area contributed by atoms with Gasteiger partial charge in [-0.15, -0.1) is 0 Å². The van der Waals surface area contributed by atoms with Crippen LogP contribution in [0.25, 0.3) is 0 Å². The van der Waals surface area contributed by atoms with Crippen LogP contribution in [0.15, 0.2) is 36.4 Å². The fourth-order valence-electron chi connectivity index (χ4n) is 1.71. The lowest BCUT2D eigenvalue weighted by atomic mass is 10.1. The number of halogens is 2. The average molecular weight is 264 g/mol. The Morgan fingerprint density at radius 2 is 1.89 bits per heavy atom. The van der Waals surface area contributed by atoms with E-state index in [0.717, 1.165) is 5.56 Å². The number of hydrogen-bond acceptors (Lipinski definition) is 2. The van der Waals surface area contributed by atoms with Gasteiger partial charge in [-0.2, -0.15) is 0 Å². The van der Waals surface area contributed by atoms with Gasteiger partial charge in [-0.3, -0.25) is 0 Å². The quantitative estimate of drug-likeness (QED) is 0.917. The first-order valence-corrected chi connectivity index (χ1v) is 5.87. The van der Waals surface area contributed by atoms with Crippen molar-refractivity contribution in [3.8, 4) is 5.75 Å². The van der Waals surface area contributed by atoms with Gasteiger partial charge < -0.3 is 9.84 Å². The third-order valence-corrected chi connectivity index (χ3v) is 2.87. The molecule has 2 aromatic carbocycles. The summed E-state index contributed by atoms with van der Waals surface area (Å²) < 4.78 is 32.0. The lowest BCUT2D eigenvalue weighted by Gasteiger charge is -2.10. The Hall–Kier alpha value is -1.94. The zero-order chi connectivity index (χ0) is 13.8. The maximum Gasteiger partial charge on any atom is 0.165 e. The molecular weight excluding hydrogens is 250 g/mol. The van der Waals surface area contributed by atoms with Gasteiger partial charge in [-0.05, 0) is 47.9 Å². The molecule has 2 aromatic rings. The first kappa shape index (κ1) is 13.5. The van der Waals surface area contributed by atoms with Crippen molar-refractivity contribution >= 4 is 0 Å². The summed E-state index contributed by atoms with van der Waals surface area (Å²) in [5.74, 6) is -0.804. The zero-order valence-electron chi connectivity index (χ0n) is 10.5. The van der Waals surface area contributed by atoms with Crippen molar-refractivity contribution < 1.29 is 18.6 Å². The van der Waals surface area contributed by atoms with Crippen molar-refractivity contribution in [2.75, 3.05) is 0 Å². The van der Waals surface area contributed by atoms with E-state index in [0.29, 0.717) is 11.1 Å². The number of aliphatic hydroxyl groups excluding tert-OH is 1. The highest BCUT2D eigenvalue weighted by molar-refractivity contribution is 5.30. The summed E-state index contributed by atoms with van der Waals surface area (Å²) in [6, 6.07) is 8.64. The number of aryl methyl sites for hydroxylation is 1. The summed E-state index contributed by atoms with van der Waals surface area (Å²) in [7, 11) is 0. The molecule has 0 fully saturated rings. The molecule has 0 bridgehead atoms. The van der Waals surface area contributed by atoms with Gasteiger partial charge in [0.2, 0.25) is 0 Å². The monoisotopic (exact) mass is 264 g/mol. The molecule has 0 aliphatic heterocycles. The van der Waals surface area contributed by atoms with Crippen LogP contribution in [0, 0.1) is 18.6 Å². The van der Waals surface area contributed by atoms with Gasteiger partial charge in [-0.1, -0.05) is 12.1 Å². The van der Waals surface area contributed by atoms with Gasteiger partial charge in [0.05, 0.1) is 6.61 Å². The predicted molar refractivity (Wildman–Crippen MR) is 67.8 cm³/mol. The smallest absolute Gasteiger partial charge is 0.165 e. The van der Waals surface area contributed by atoms with E-state index in [-0.39, 0.29) is 24.8 Å². The highest BCUT2D eigenvalue weighted by Gasteiger charge is 2.06. The maximum absolute atomic E-state index is 13.6. The largest absolute Gasteiger partial charge is 0.486 e. The molecule has 0 saturated heterocycles. The zero-order valence-corrected chi connectivity index (χ0v) is 10.5. The number of hydrogen-bond donors (Lipinski definition) is 1. The van der Waals surface area contributed by atoms with E-state index in [1.54, 1.807) is 12.1 Å². The molecule has 2 rings (SSSR count). The molecule has 0 radical (unpaired) electrons. The van der Waals surface area contributed by atoms with Crippen LogP contribution in [-0.2, 0) is 13.2 Å². The molecule has 2 nitrogen and oxygen atoms in total. The van der Waals surface area contributed by atoms with E-state index >= 15 is 0 Å².